The van der Waals surface area contributed by atoms with Crippen LogP contribution in [0.25, 0.3) is 11.1 Å². The minimum absolute atomic E-state index is 0.0290. The lowest BCUT2D eigenvalue weighted by Gasteiger charge is -2.18. The van der Waals surface area contributed by atoms with Crippen molar-refractivity contribution in [2.24, 2.45) is 0 Å². The fourth-order valence-electron chi connectivity index (χ4n) is 3.87. The Labute approximate surface area is 169 Å². The third kappa shape index (κ3) is 3.57. The third-order valence-electron chi connectivity index (χ3n) is 5.35. The van der Waals surface area contributed by atoms with Gasteiger partial charge >= 0.3 is 0 Å². The highest BCUT2D eigenvalue weighted by atomic mass is 16.5. The van der Waals surface area contributed by atoms with E-state index < -0.39 is 0 Å². The van der Waals surface area contributed by atoms with Crippen LogP contribution in [0.4, 0.5) is 5.82 Å². The van der Waals surface area contributed by atoms with Gasteiger partial charge in [0.2, 0.25) is 0 Å². The molecule has 29 heavy (non-hydrogen) atoms. The van der Waals surface area contributed by atoms with E-state index in [1.807, 2.05) is 30.9 Å². The van der Waals surface area contributed by atoms with E-state index in [9.17, 15) is 4.79 Å². The summed E-state index contributed by atoms with van der Waals surface area (Å²) in [5, 5.41) is 4.09. The summed E-state index contributed by atoms with van der Waals surface area (Å²) in [6.45, 7) is 7.05. The fourth-order valence-corrected chi connectivity index (χ4v) is 3.87. The van der Waals surface area contributed by atoms with Crippen molar-refractivity contribution in [3.63, 3.8) is 0 Å². The molecular formula is C21H24N6O2. The lowest BCUT2D eigenvalue weighted by molar-refractivity contribution is 0.0787. The molecule has 0 aliphatic carbocycles. The average Bonchev–Trinajstić information content (AvgIpc) is 3.34. The Morgan fingerprint density at radius 1 is 1.34 bits per heavy atom. The molecule has 0 spiro atoms. The molecule has 3 aromatic heterocycles. The van der Waals surface area contributed by atoms with Crippen molar-refractivity contribution >= 4 is 11.7 Å². The molecule has 1 saturated heterocycles. The van der Waals surface area contributed by atoms with E-state index in [1.54, 1.807) is 25.6 Å². The third-order valence-corrected chi connectivity index (χ3v) is 5.35. The van der Waals surface area contributed by atoms with Gasteiger partial charge in [0, 0.05) is 37.0 Å². The Balaban J connectivity index is 1.60. The van der Waals surface area contributed by atoms with Crippen molar-refractivity contribution in [1.29, 1.82) is 0 Å². The summed E-state index contributed by atoms with van der Waals surface area (Å²) in [5.74, 6) is 1.23. The number of aromatic nitrogens is 4. The summed E-state index contributed by atoms with van der Waals surface area (Å²) in [7, 11) is 0. The molecule has 1 fully saturated rings. The maximum Gasteiger partial charge on any atom is 0.259 e. The monoisotopic (exact) mass is 392 g/mol. The zero-order valence-electron chi connectivity index (χ0n) is 16.8. The Morgan fingerprint density at radius 2 is 2.17 bits per heavy atom. The molecule has 4 rings (SSSR count). The Hall–Kier alpha value is -3.29. The van der Waals surface area contributed by atoms with E-state index in [-0.39, 0.29) is 17.7 Å². The molecule has 0 aromatic carbocycles. The lowest BCUT2D eigenvalue weighted by atomic mass is 9.96. The van der Waals surface area contributed by atoms with E-state index in [0.717, 1.165) is 23.2 Å². The van der Waals surface area contributed by atoms with Crippen LogP contribution < -0.4 is 5.73 Å². The van der Waals surface area contributed by atoms with Gasteiger partial charge in [-0.25, -0.2) is 15.0 Å². The first-order valence-corrected chi connectivity index (χ1v) is 9.73. The second-order valence-corrected chi connectivity index (χ2v) is 7.68. The van der Waals surface area contributed by atoms with Crippen LogP contribution in [-0.2, 0) is 0 Å². The van der Waals surface area contributed by atoms with Gasteiger partial charge in [-0.2, -0.15) is 0 Å². The van der Waals surface area contributed by atoms with Gasteiger partial charge in [0.05, 0.1) is 11.4 Å². The number of amides is 1. The molecule has 1 aliphatic heterocycles. The van der Waals surface area contributed by atoms with Crippen LogP contribution in [0.2, 0.25) is 0 Å². The zero-order chi connectivity index (χ0) is 20.5. The number of aryl methyl sites for hydroxylation is 1. The summed E-state index contributed by atoms with van der Waals surface area (Å²) in [5.41, 5.74) is 9.92. The number of pyridine rings is 1. The smallest absolute Gasteiger partial charge is 0.259 e. The highest BCUT2D eigenvalue weighted by Gasteiger charge is 2.33. The van der Waals surface area contributed by atoms with Gasteiger partial charge in [0.1, 0.15) is 23.5 Å². The van der Waals surface area contributed by atoms with Crippen molar-refractivity contribution in [3.8, 4) is 11.1 Å². The van der Waals surface area contributed by atoms with Crippen LogP contribution in [0.15, 0.2) is 35.4 Å². The van der Waals surface area contributed by atoms with Gasteiger partial charge < -0.3 is 15.2 Å². The maximum atomic E-state index is 13.2. The van der Waals surface area contributed by atoms with E-state index in [2.05, 4.69) is 20.1 Å². The molecule has 0 radical (unpaired) electrons. The molecule has 1 amide bonds. The predicted octanol–water partition coefficient (Wildman–Crippen LogP) is 3.17. The van der Waals surface area contributed by atoms with Gasteiger partial charge in [-0.1, -0.05) is 19.0 Å². The quantitative estimate of drug-likeness (QED) is 0.726. The number of hydrogen-bond acceptors (Lipinski definition) is 7. The normalized spacial score (nSPS) is 16.6. The maximum absolute atomic E-state index is 13.2. The Bertz CT molecular complexity index is 1050. The van der Waals surface area contributed by atoms with Crippen LogP contribution in [0.5, 0.6) is 0 Å². The summed E-state index contributed by atoms with van der Waals surface area (Å²) in [6.07, 6.45) is 5.85. The molecule has 8 heteroatoms. The minimum atomic E-state index is -0.0290. The molecular weight excluding hydrogens is 368 g/mol. The van der Waals surface area contributed by atoms with E-state index in [1.165, 1.54) is 0 Å². The van der Waals surface area contributed by atoms with Crippen LogP contribution in [0, 0.1) is 6.92 Å². The summed E-state index contributed by atoms with van der Waals surface area (Å²) >= 11 is 0. The number of rotatable bonds is 4. The van der Waals surface area contributed by atoms with Gasteiger partial charge in [0.25, 0.3) is 5.91 Å². The van der Waals surface area contributed by atoms with Gasteiger partial charge in [0.15, 0.2) is 0 Å². The first-order chi connectivity index (χ1) is 14.0. The predicted molar refractivity (Wildman–Crippen MR) is 108 cm³/mol. The van der Waals surface area contributed by atoms with Gasteiger partial charge in [-0.3, -0.25) is 4.79 Å². The van der Waals surface area contributed by atoms with Crippen LogP contribution in [0.3, 0.4) is 0 Å². The molecule has 4 heterocycles. The molecule has 8 nitrogen and oxygen atoms in total. The summed E-state index contributed by atoms with van der Waals surface area (Å²) < 4.78 is 5.30. The summed E-state index contributed by atoms with van der Waals surface area (Å²) in [6, 6.07) is 3.71. The number of carbonyl (C=O) groups is 1. The van der Waals surface area contributed by atoms with E-state index in [0.29, 0.717) is 35.9 Å². The molecule has 2 N–H and O–H groups in total. The van der Waals surface area contributed by atoms with Crippen molar-refractivity contribution in [1.82, 2.24) is 25.0 Å². The topological polar surface area (TPSA) is 111 Å². The first-order valence-electron chi connectivity index (χ1n) is 9.73. The number of nitrogen functional groups attached to an aromatic ring is 1. The molecule has 0 bridgehead atoms. The highest BCUT2D eigenvalue weighted by molar-refractivity contribution is 5.96. The number of nitrogens with zero attached hydrogens (tertiary/aromatic N) is 5. The Kier molecular flexibility index (Phi) is 5.00. The fraction of sp³-hybridized carbons (Fsp3) is 0.381. The number of likely N-dealkylation sites (tertiary alicyclic amines) is 1. The Morgan fingerprint density at radius 3 is 2.93 bits per heavy atom. The minimum Gasteiger partial charge on any atom is -0.384 e. The van der Waals surface area contributed by atoms with Crippen molar-refractivity contribution < 1.29 is 9.32 Å². The van der Waals surface area contributed by atoms with Crippen LogP contribution in [-0.4, -0.2) is 44.0 Å². The van der Waals surface area contributed by atoms with Gasteiger partial charge in [-0.15, -0.1) is 0 Å². The molecule has 3 aromatic rings. The number of hydrogen-bond donors (Lipinski definition) is 1. The number of anilines is 1. The standard InChI is InChI=1S/C21H24N6O2/c1-12(2)19-18(13(3)29-26-19)21(28)27-7-5-15(10-27)20-16(9-23-11-25-20)14-4-6-24-17(22)8-14/h4,6,8-9,11-12,15H,5,7,10H2,1-3H3,(H2,22,24)/t15-/m1/s1. The second kappa shape index (κ2) is 7.62. The van der Waals surface area contributed by atoms with E-state index >= 15 is 0 Å². The van der Waals surface area contributed by atoms with Crippen LogP contribution in [0.1, 0.15) is 59.6 Å². The number of nitrogens with two attached hydrogens (primary N) is 1. The SMILES string of the molecule is Cc1onc(C(C)C)c1C(=O)N1CC[C@@H](c2ncncc2-c2ccnc(N)c2)C1. The largest absolute Gasteiger partial charge is 0.384 e. The molecule has 0 unspecified atom stereocenters. The molecule has 0 saturated carbocycles. The average molecular weight is 392 g/mol. The number of carbonyl (C=O) groups excluding carboxylic acids is 1. The second-order valence-electron chi connectivity index (χ2n) is 7.68. The van der Waals surface area contributed by atoms with Crippen molar-refractivity contribution in [2.45, 2.75) is 39.0 Å². The molecule has 150 valence electrons. The van der Waals surface area contributed by atoms with Crippen molar-refractivity contribution in [2.75, 3.05) is 18.8 Å². The lowest BCUT2D eigenvalue weighted by Crippen LogP contribution is -2.29. The first kappa shape index (κ1) is 19.0. The van der Waals surface area contributed by atoms with E-state index in [4.69, 9.17) is 10.3 Å². The molecule has 1 atom stereocenters. The van der Waals surface area contributed by atoms with Crippen LogP contribution >= 0.6 is 0 Å². The van der Waals surface area contributed by atoms with Gasteiger partial charge in [-0.05, 0) is 37.0 Å². The molecule has 1 aliphatic rings. The summed E-state index contributed by atoms with van der Waals surface area (Å²) in [4.78, 5) is 27.9. The van der Waals surface area contributed by atoms with Crippen molar-refractivity contribution in [3.05, 3.63) is 53.6 Å². The zero-order valence-corrected chi connectivity index (χ0v) is 16.8. The highest BCUT2D eigenvalue weighted by Crippen LogP contribution is 2.34.